The standard InChI is InChI=1S/C21H16BrFN4O4/c1-31-17-5-4-12(9-15(17)23)27-19(16-3-2-6-26(16)21(29)30)25-18-13(20(27)28)7-11(10-24)8-14(18)22/h4-5,7-9,16H,2-3,6H2,1H3,(H,29,30). The van der Waals surface area contributed by atoms with Crippen LogP contribution in [0.15, 0.2) is 39.6 Å². The molecule has 0 spiro atoms. The molecule has 0 aliphatic carbocycles. The molecule has 8 nitrogen and oxygen atoms in total. The first-order chi connectivity index (χ1) is 14.8. The minimum Gasteiger partial charge on any atom is -0.494 e. The molecule has 1 unspecified atom stereocenters. The van der Waals surface area contributed by atoms with Gasteiger partial charge in [0.05, 0.1) is 41.4 Å². The summed E-state index contributed by atoms with van der Waals surface area (Å²) in [6.07, 6.45) is -0.0455. The molecule has 1 aliphatic rings. The molecule has 158 valence electrons. The fourth-order valence-electron chi connectivity index (χ4n) is 3.86. The number of carboxylic acid groups (broad SMARTS) is 1. The Hall–Kier alpha value is -3.45. The van der Waals surface area contributed by atoms with Gasteiger partial charge in [-0.25, -0.2) is 14.2 Å². The number of aromatic nitrogens is 2. The molecule has 31 heavy (non-hydrogen) atoms. The fraction of sp³-hybridized carbons (Fsp3) is 0.238. The maximum atomic E-state index is 14.5. The van der Waals surface area contributed by atoms with Crippen LogP contribution in [0.5, 0.6) is 5.75 Å². The summed E-state index contributed by atoms with van der Waals surface area (Å²) in [6.45, 7) is 0.305. The van der Waals surface area contributed by atoms with E-state index in [9.17, 15) is 24.3 Å². The molecule has 1 saturated heterocycles. The van der Waals surface area contributed by atoms with Gasteiger partial charge in [0.1, 0.15) is 5.82 Å². The highest BCUT2D eigenvalue weighted by atomic mass is 79.9. The van der Waals surface area contributed by atoms with Gasteiger partial charge in [0.2, 0.25) is 0 Å². The normalized spacial score (nSPS) is 15.8. The lowest BCUT2D eigenvalue weighted by Crippen LogP contribution is -2.34. The lowest BCUT2D eigenvalue weighted by molar-refractivity contribution is 0.138. The topological polar surface area (TPSA) is 108 Å². The minimum atomic E-state index is -1.12. The average Bonchev–Trinajstić information content (AvgIpc) is 3.24. The average molecular weight is 487 g/mol. The van der Waals surface area contributed by atoms with Crippen LogP contribution < -0.4 is 10.3 Å². The molecule has 4 rings (SSSR count). The first-order valence-electron chi connectivity index (χ1n) is 9.35. The number of hydrogen-bond acceptors (Lipinski definition) is 5. The number of halogens is 2. The Morgan fingerprint density at radius 3 is 2.81 bits per heavy atom. The SMILES string of the molecule is COc1ccc(-n2c(C3CCCN3C(=O)O)nc3c(Br)cc(C#N)cc3c2=O)cc1F. The van der Waals surface area contributed by atoms with E-state index >= 15 is 0 Å². The van der Waals surface area contributed by atoms with Crippen LogP contribution in [-0.4, -0.2) is 39.3 Å². The highest BCUT2D eigenvalue weighted by Crippen LogP contribution is 2.34. The molecular formula is C21H16BrFN4O4. The monoisotopic (exact) mass is 486 g/mol. The Morgan fingerprint density at radius 2 is 2.16 bits per heavy atom. The van der Waals surface area contributed by atoms with Gasteiger partial charge in [0.15, 0.2) is 11.6 Å². The smallest absolute Gasteiger partial charge is 0.407 e. The van der Waals surface area contributed by atoms with E-state index in [1.54, 1.807) is 6.07 Å². The Morgan fingerprint density at radius 1 is 1.39 bits per heavy atom. The van der Waals surface area contributed by atoms with Crippen LogP contribution in [0.4, 0.5) is 9.18 Å². The van der Waals surface area contributed by atoms with Crippen LogP contribution in [0, 0.1) is 17.1 Å². The summed E-state index contributed by atoms with van der Waals surface area (Å²) in [5.41, 5.74) is 0.219. The molecule has 0 radical (unpaired) electrons. The molecule has 1 fully saturated rings. The van der Waals surface area contributed by atoms with E-state index in [-0.39, 0.29) is 28.2 Å². The molecule has 0 bridgehead atoms. The number of nitrogens with zero attached hydrogens (tertiary/aromatic N) is 4. The number of likely N-dealkylation sites (tertiary alicyclic amines) is 1. The zero-order chi connectivity index (χ0) is 22.3. The Bertz CT molecular complexity index is 1320. The van der Waals surface area contributed by atoms with Crippen LogP contribution >= 0.6 is 15.9 Å². The second-order valence-corrected chi connectivity index (χ2v) is 7.88. The number of fused-ring (bicyclic) bond motifs is 1. The van der Waals surface area contributed by atoms with Crippen LogP contribution in [0.1, 0.15) is 30.3 Å². The van der Waals surface area contributed by atoms with E-state index in [0.29, 0.717) is 29.4 Å². The van der Waals surface area contributed by atoms with Gasteiger partial charge in [0, 0.05) is 17.1 Å². The van der Waals surface area contributed by atoms with Gasteiger partial charge in [-0.15, -0.1) is 0 Å². The summed E-state index contributed by atoms with van der Waals surface area (Å²) >= 11 is 3.35. The summed E-state index contributed by atoms with van der Waals surface area (Å²) in [5.74, 6) is -0.478. The summed E-state index contributed by atoms with van der Waals surface area (Å²) < 4.78 is 21.1. The van der Waals surface area contributed by atoms with Crippen molar-refractivity contribution in [3.8, 4) is 17.5 Å². The largest absolute Gasteiger partial charge is 0.494 e. The zero-order valence-corrected chi connectivity index (χ0v) is 17.9. The first-order valence-corrected chi connectivity index (χ1v) is 10.1. The van der Waals surface area contributed by atoms with Crippen molar-refractivity contribution < 1.29 is 19.0 Å². The fourth-order valence-corrected chi connectivity index (χ4v) is 4.41. The van der Waals surface area contributed by atoms with Gasteiger partial charge < -0.3 is 9.84 Å². The molecule has 10 heteroatoms. The summed E-state index contributed by atoms with van der Waals surface area (Å²) in [7, 11) is 1.33. The van der Waals surface area contributed by atoms with Crippen LogP contribution in [0.25, 0.3) is 16.6 Å². The van der Waals surface area contributed by atoms with E-state index in [2.05, 4.69) is 20.9 Å². The third-order valence-corrected chi connectivity index (χ3v) is 5.88. The number of rotatable bonds is 3. The van der Waals surface area contributed by atoms with Gasteiger partial charge in [0.25, 0.3) is 5.56 Å². The maximum Gasteiger partial charge on any atom is 0.407 e. The van der Waals surface area contributed by atoms with Gasteiger partial charge in [-0.3, -0.25) is 14.3 Å². The molecule has 2 aromatic carbocycles. The van der Waals surface area contributed by atoms with E-state index in [1.165, 1.54) is 34.8 Å². The lowest BCUT2D eigenvalue weighted by atomic mass is 10.1. The third kappa shape index (κ3) is 3.51. The van der Waals surface area contributed by atoms with Crippen LogP contribution in [-0.2, 0) is 0 Å². The predicted octanol–water partition coefficient (Wildman–Crippen LogP) is 3.98. The third-order valence-electron chi connectivity index (χ3n) is 5.27. The second-order valence-electron chi connectivity index (χ2n) is 7.03. The van der Waals surface area contributed by atoms with Crippen molar-refractivity contribution in [3.05, 3.63) is 62.4 Å². The van der Waals surface area contributed by atoms with Gasteiger partial charge in [-0.1, -0.05) is 0 Å². The van der Waals surface area contributed by atoms with Crippen molar-refractivity contribution in [1.82, 2.24) is 14.5 Å². The van der Waals surface area contributed by atoms with Crippen molar-refractivity contribution in [2.45, 2.75) is 18.9 Å². The predicted molar refractivity (Wildman–Crippen MR) is 113 cm³/mol. The number of methoxy groups -OCH3 is 1. The van der Waals surface area contributed by atoms with Gasteiger partial charge in [-0.2, -0.15) is 5.26 Å². The number of benzene rings is 2. The summed E-state index contributed by atoms with van der Waals surface area (Å²) in [6, 6.07) is 8.30. The molecule has 0 saturated carbocycles. The molecule has 1 N–H and O–H groups in total. The van der Waals surface area contributed by atoms with Crippen molar-refractivity contribution in [3.63, 3.8) is 0 Å². The van der Waals surface area contributed by atoms with E-state index in [1.807, 2.05) is 6.07 Å². The number of nitriles is 1. The number of carbonyl (C=O) groups is 1. The highest BCUT2D eigenvalue weighted by Gasteiger charge is 2.34. The Kier molecular flexibility index (Phi) is 5.37. The molecule has 1 atom stereocenters. The molecule has 1 aliphatic heterocycles. The number of ether oxygens (including phenoxy) is 1. The van der Waals surface area contributed by atoms with Crippen molar-refractivity contribution in [2.75, 3.05) is 13.7 Å². The van der Waals surface area contributed by atoms with Crippen molar-refractivity contribution >= 4 is 32.9 Å². The zero-order valence-electron chi connectivity index (χ0n) is 16.3. The Labute approximate surface area is 184 Å². The lowest BCUT2D eigenvalue weighted by Gasteiger charge is -2.24. The highest BCUT2D eigenvalue weighted by molar-refractivity contribution is 9.10. The second kappa shape index (κ2) is 8.00. The molecule has 3 aromatic rings. The van der Waals surface area contributed by atoms with Crippen molar-refractivity contribution in [1.29, 1.82) is 5.26 Å². The van der Waals surface area contributed by atoms with E-state index in [0.717, 1.165) is 6.07 Å². The van der Waals surface area contributed by atoms with Crippen molar-refractivity contribution in [2.24, 2.45) is 0 Å². The van der Waals surface area contributed by atoms with E-state index < -0.39 is 23.5 Å². The minimum absolute atomic E-state index is 0.00892. The van der Waals surface area contributed by atoms with Gasteiger partial charge >= 0.3 is 6.09 Å². The number of hydrogen-bond donors (Lipinski definition) is 1. The molecule has 2 heterocycles. The van der Waals surface area contributed by atoms with Crippen LogP contribution in [0.3, 0.4) is 0 Å². The molecular weight excluding hydrogens is 471 g/mol. The van der Waals surface area contributed by atoms with Crippen LogP contribution in [0.2, 0.25) is 0 Å². The Balaban J connectivity index is 2.07. The van der Waals surface area contributed by atoms with Gasteiger partial charge in [-0.05, 0) is 53.0 Å². The quantitative estimate of drug-likeness (QED) is 0.599. The summed E-state index contributed by atoms with van der Waals surface area (Å²) in [4.78, 5) is 31.1. The first kappa shape index (κ1) is 20.8. The number of amides is 1. The summed E-state index contributed by atoms with van der Waals surface area (Å²) in [5, 5.41) is 19.1. The molecule has 1 amide bonds. The maximum absolute atomic E-state index is 14.5. The molecule has 1 aromatic heterocycles. The van der Waals surface area contributed by atoms with E-state index in [4.69, 9.17) is 4.74 Å².